The number of nitrogens with one attached hydrogen (secondary N) is 2. The highest BCUT2D eigenvalue weighted by molar-refractivity contribution is 5.93. The third-order valence-electron chi connectivity index (χ3n) is 3.36. The van der Waals surface area contributed by atoms with Gasteiger partial charge in [0.2, 0.25) is 5.91 Å². The standard InChI is InChI=1S/C16H19N3O4/c1-9-12(16(21)18-10(2)17-9)8-15(20)19-13-6-5-11(22-3)7-14(13)23-4/h5-7H,8H2,1-4H3,(H,19,20)(H,17,18,21). The van der Waals surface area contributed by atoms with Gasteiger partial charge in [-0.25, -0.2) is 4.98 Å². The number of carbonyl (C=O) groups is 1. The number of benzene rings is 1. The molecule has 0 atom stereocenters. The minimum Gasteiger partial charge on any atom is -0.497 e. The molecular weight excluding hydrogens is 298 g/mol. The van der Waals surface area contributed by atoms with Crippen LogP contribution in [-0.4, -0.2) is 30.1 Å². The Hall–Kier alpha value is -2.83. The van der Waals surface area contributed by atoms with Crippen molar-refractivity contribution in [3.05, 3.63) is 45.6 Å². The van der Waals surface area contributed by atoms with Gasteiger partial charge >= 0.3 is 0 Å². The third kappa shape index (κ3) is 3.88. The fraction of sp³-hybridized carbons (Fsp3) is 0.312. The van der Waals surface area contributed by atoms with E-state index in [0.717, 1.165) is 0 Å². The van der Waals surface area contributed by atoms with Crippen molar-refractivity contribution in [2.45, 2.75) is 20.3 Å². The molecule has 1 aromatic heterocycles. The van der Waals surface area contributed by atoms with Crippen molar-refractivity contribution >= 4 is 11.6 Å². The molecule has 122 valence electrons. The number of aromatic nitrogens is 2. The summed E-state index contributed by atoms with van der Waals surface area (Å²) in [6, 6.07) is 5.06. The lowest BCUT2D eigenvalue weighted by Gasteiger charge is -2.12. The lowest BCUT2D eigenvalue weighted by Crippen LogP contribution is -2.24. The second-order valence-electron chi connectivity index (χ2n) is 5.01. The number of ether oxygens (including phenoxy) is 2. The second kappa shape index (κ2) is 6.95. The van der Waals surface area contributed by atoms with E-state index in [9.17, 15) is 9.59 Å². The maximum atomic E-state index is 12.2. The largest absolute Gasteiger partial charge is 0.497 e. The van der Waals surface area contributed by atoms with Gasteiger partial charge in [0.1, 0.15) is 17.3 Å². The van der Waals surface area contributed by atoms with Crippen molar-refractivity contribution in [3.8, 4) is 11.5 Å². The number of methoxy groups -OCH3 is 2. The number of aromatic amines is 1. The van der Waals surface area contributed by atoms with Crippen LogP contribution < -0.4 is 20.3 Å². The molecule has 1 aromatic carbocycles. The molecule has 0 radical (unpaired) electrons. The molecular formula is C16H19N3O4. The molecule has 0 unspecified atom stereocenters. The quantitative estimate of drug-likeness (QED) is 0.873. The van der Waals surface area contributed by atoms with Crippen LogP contribution in [0.15, 0.2) is 23.0 Å². The monoisotopic (exact) mass is 317 g/mol. The van der Waals surface area contributed by atoms with E-state index in [2.05, 4.69) is 15.3 Å². The first-order valence-electron chi connectivity index (χ1n) is 7.03. The molecule has 0 spiro atoms. The van der Waals surface area contributed by atoms with Crippen LogP contribution in [0.3, 0.4) is 0 Å². The van der Waals surface area contributed by atoms with Crippen LogP contribution in [0.5, 0.6) is 11.5 Å². The first kappa shape index (κ1) is 16.5. The van der Waals surface area contributed by atoms with E-state index in [1.807, 2.05) is 0 Å². The lowest BCUT2D eigenvalue weighted by atomic mass is 10.1. The van der Waals surface area contributed by atoms with Crippen LogP contribution in [0.4, 0.5) is 5.69 Å². The molecule has 0 aliphatic carbocycles. The SMILES string of the molecule is COc1ccc(NC(=O)Cc2c(C)nc(C)[nH]c2=O)c(OC)c1. The summed E-state index contributed by atoms with van der Waals surface area (Å²) >= 11 is 0. The van der Waals surface area contributed by atoms with Gasteiger partial charge < -0.3 is 19.8 Å². The van der Waals surface area contributed by atoms with E-state index < -0.39 is 0 Å². The Labute approximate surface area is 133 Å². The van der Waals surface area contributed by atoms with Gasteiger partial charge in [-0.05, 0) is 26.0 Å². The van der Waals surface area contributed by atoms with Crippen molar-refractivity contribution in [3.63, 3.8) is 0 Å². The van der Waals surface area contributed by atoms with Gasteiger partial charge in [0.15, 0.2) is 0 Å². The van der Waals surface area contributed by atoms with E-state index in [1.165, 1.54) is 7.11 Å². The van der Waals surface area contributed by atoms with Crippen LogP contribution in [0.2, 0.25) is 0 Å². The molecule has 1 heterocycles. The Morgan fingerprint density at radius 3 is 2.61 bits per heavy atom. The molecule has 0 fully saturated rings. The number of amides is 1. The third-order valence-corrected chi connectivity index (χ3v) is 3.36. The fourth-order valence-electron chi connectivity index (χ4n) is 2.22. The summed E-state index contributed by atoms with van der Waals surface area (Å²) in [6.45, 7) is 3.40. The summed E-state index contributed by atoms with van der Waals surface area (Å²) in [5.74, 6) is 1.29. The Morgan fingerprint density at radius 2 is 2.00 bits per heavy atom. The van der Waals surface area contributed by atoms with Crippen LogP contribution in [0.1, 0.15) is 17.1 Å². The highest BCUT2D eigenvalue weighted by Crippen LogP contribution is 2.29. The summed E-state index contributed by atoms with van der Waals surface area (Å²) < 4.78 is 10.3. The molecule has 2 aromatic rings. The molecule has 7 heteroatoms. The number of anilines is 1. The van der Waals surface area contributed by atoms with Gasteiger partial charge in [-0.1, -0.05) is 0 Å². The summed E-state index contributed by atoms with van der Waals surface area (Å²) in [7, 11) is 3.05. The van der Waals surface area contributed by atoms with Crippen LogP contribution in [-0.2, 0) is 11.2 Å². The first-order chi connectivity index (χ1) is 10.9. The lowest BCUT2D eigenvalue weighted by molar-refractivity contribution is -0.115. The zero-order chi connectivity index (χ0) is 17.0. The zero-order valence-corrected chi connectivity index (χ0v) is 13.5. The van der Waals surface area contributed by atoms with Gasteiger partial charge in [0.25, 0.3) is 5.56 Å². The summed E-state index contributed by atoms with van der Waals surface area (Å²) in [5.41, 5.74) is 1.10. The summed E-state index contributed by atoms with van der Waals surface area (Å²) in [6.07, 6.45) is -0.0658. The Balaban J connectivity index is 2.19. The van der Waals surface area contributed by atoms with Gasteiger partial charge in [0, 0.05) is 17.3 Å². The topological polar surface area (TPSA) is 93.3 Å². The minimum absolute atomic E-state index is 0.0658. The maximum Gasteiger partial charge on any atom is 0.254 e. The molecule has 1 amide bonds. The number of carbonyl (C=O) groups excluding carboxylic acids is 1. The van der Waals surface area contributed by atoms with Crippen molar-refractivity contribution in [1.29, 1.82) is 0 Å². The average Bonchev–Trinajstić information content (AvgIpc) is 2.51. The molecule has 7 nitrogen and oxygen atoms in total. The number of rotatable bonds is 5. The first-order valence-corrected chi connectivity index (χ1v) is 7.03. The van der Waals surface area contributed by atoms with E-state index in [-0.39, 0.29) is 17.9 Å². The number of hydrogen-bond acceptors (Lipinski definition) is 5. The highest BCUT2D eigenvalue weighted by Gasteiger charge is 2.14. The van der Waals surface area contributed by atoms with Gasteiger partial charge in [-0.2, -0.15) is 0 Å². The van der Waals surface area contributed by atoms with E-state index in [4.69, 9.17) is 9.47 Å². The van der Waals surface area contributed by atoms with Crippen LogP contribution in [0, 0.1) is 13.8 Å². The van der Waals surface area contributed by atoms with E-state index in [1.54, 1.807) is 39.2 Å². The van der Waals surface area contributed by atoms with Crippen molar-refractivity contribution < 1.29 is 14.3 Å². The molecule has 2 N–H and O–H groups in total. The molecule has 0 aliphatic heterocycles. The van der Waals surface area contributed by atoms with Crippen molar-refractivity contribution in [2.75, 3.05) is 19.5 Å². The molecule has 0 saturated heterocycles. The normalized spacial score (nSPS) is 10.3. The fourth-order valence-corrected chi connectivity index (χ4v) is 2.22. The van der Waals surface area contributed by atoms with E-state index >= 15 is 0 Å². The average molecular weight is 317 g/mol. The highest BCUT2D eigenvalue weighted by atomic mass is 16.5. The van der Waals surface area contributed by atoms with Crippen molar-refractivity contribution in [1.82, 2.24) is 9.97 Å². The molecule has 0 bridgehead atoms. The Bertz CT molecular complexity index is 783. The molecule has 0 saturated carbocycles. The van der Waals surface area contributed by atoms with Crippen molar-refractivity contribution in [2.24, 2.45) is 0 Å². The molecule has 23 heavy (non-hydrogen) atoms. The zero-order valence-electron chi connectivity index (χ0n) is 13.5. The minimum atomic E-state index is -0.326. The molecule has 0 aliphatic rings. The predicted octanol–water partition coefficient (Wildman–Crippen LogP) is 1.59. The van der Waals surface area contributed by atoms with Crippen LogP contribution >= 0.6 is 0 Å². The summed E-state index contributed by atoms with van der Waals surface area (Å²) in [5, 5.41) is 2.73. The van der Waals surface area contributed by atoms with Gasteiger partial charge in [-0.15, -0.1) is 0 Å². The predicted molar refractivity (Wildman–Crippen MR) is 86.2 cm³/mol. The smallest absolute Gasteiger partial charge is 0.254 e. The number of aryl methyl sites for hydroxylation is 2. The maximum absolute atomic E-state index is 12.2. The van der Waals surface area contributed by atoms with Gasteiger partial charge in [-0.3, -0.25) is 9.59 Å². The second-order valence-corrected chi connectivity index (χ2v) is 5.01. The number of nitrogens with zero attached hydrogens (tertiary/aromatic N) is 1. The number of H-pyrrole nitrogens is 1. The Kier molecular flexibility index (Phi) is 5.00. The Morgan fingerprint density at radius 1 is 1.26 bits per heavy atom. The summed E-state index contributed by atoms with van der Waals surface area (Å²) in [4.78, 5) is 30.9. The number of hydrogen-bond donors (Lipinski definition) is 2. The molecule has 2 rings (SSSR count). The van der Waals surface area contributed by atoms with E-state index in [0.29, 0.717) is 34.3 Å². The van der Waals surface area contributed by atoms with Gasteiger partial charge in [0.05, 0.1) is 26.3 Å². The van der Waals surface area contributed by atoms with Crippen LogP contribution in [0.25, 0.3) is 0 Å².